The number of hydrogen-bond acceptors (Lipinski definition) is 3. The molecule has 0 aliphatic heterocycles. The molecular formula is C12H17NO3. The van der Waals surface area contributed by atoms with E-state index in [1.165, 1.54) is 0 Å². The first kappa shape index (κ1) is 12.5. The molecule has 0 radical (unpaired) electrons. The molecule has 88 valence electrons. The van der Waals surface area contributed by atoms with Crippen LogP contribution in [0.3, 0.4) is 0 Å². The quantitative estimate of drug-likeness (QED) is 0.853. The normalized spacial score (nSPS) is 10.2. The summed E-state index contributed by atoms with van der Waals surface area (Å²) >= 11 is 0. The van der Waals surface area contributed by atoms with E-state index in [1.807, 2.05) is 18.2 Å². The summed E-state index contributed by atoms with van der Waals surface area (Å²) in [6, 6.07) is 7.45. The highest BCUT2D eigenvalue weighted by atomic mass is 16.6. The van der Waals surface area contributed by atoms with Crippen LogP contribution in [0.1, 0.15) is 19.4 Å². The van der Waals surface area contributed by atoms with Crippen molar-refractivity contribution in [2.75, 3.05) is 12.4 Å². The van der Waals surface area contributed by atoms with Crippen LogP contribution in [0.2, 0.25) is 0 Å². The number of anilines is 1. The maximum Gasteiger partial charge on any atom is 0.411 e. The lowest BCUT2D eigenvalue weighted by molar-refractivity contribution is 0.130. The summed E-state index contributed by atoms with van der Waals surface area (Å²) in [5.74, 6) is 0. The molecule has 0 atom stereocenters. The third-order valence-corrected chi connectivity index (χ3v) is 1.83. The fourth-order valence-electron chi connectivity index (χ4n) is 1.27. The van der Waals surface area contributed by atoms with Gasteiger partial charge in [0.1, 0.15) is 0 Å². The molecule has 1 N–H and O–H groups in total. The van der Waals surface area contributed by atoms with Gasteiger partial charge in [-0.3, -0.25) is 5.32 Å². The van der Waals surface area contributed by atoms with Gasteiger partial charge in [0.15, 0.2) is 0 Å². The number of nitrogens with one attached hydrogen (secondary N) is 1. The third kappa shape index (κ3) is 4.31. The number of hydrogen-bond donors (Lipinski definition) is 1. The molecule has 0 fully saturated rings. The highest BCUT2D eigenvalue weighted by Crippen LogP contribution is 2.11. The van der Waals surface area contributed by atoms with Crippen LogP contribution in [-0.2, 0) is 16.1 Å². The van der Waals surface area contributed by atoms with Crippen LogP contribution >= 0.6 is 0 Å². The summed E-state index contributed by atoms with van der Waals surface area (Å²) in [7, 11) is 1.63. The molecule has 4 nitrogen and oxygen atoms in total. The second kappa shape index (κ2) is 6.12. The maximum atomic E-state index is 11.3. The molecule has 0 heterocycles. The summed E-state index contributed by atoms with van der Waals surface area (Å²) in [6.07, 6.45) is -0.563. The first-order valence-corrected chi connectivity index (χ1v) is 5.17. The van der Waals surface area contributed by atoms with Crippen molar-refractivity contribution in [1.29, 1.82) is 0 Å². The Morgan fingerprint density at radius 3 is 2.81 bits per heavy atom. The van der Waals surface area contributed by atoms with Crippen LogP contribution in [0.25, 0.3) is 0 Å². The van der Waals surface area contributed by atoms with Crippen molar-refractivity contribution in [3.8, 4) is 0 Å². The van der Waals surface area contributed by atoms with Gasteiger partial charge in [-0.15, -0.1) is 0 Å². The van der Waals surface area contributed by atoms with Crippen LogP contribution < -0.4 is 5.32 Å². The summed E-state index contributed by atoms with van der Waals surface area (Å²) in [5, 5.41) is 2.66. The van der Waals surface area contributed by atoms with Crippen molar-refractivity contribution in [1.82, 2.24) is 0 Å². The number of amides is 1. The first-order chi connectivity index (χ1) is 7.61. The van der Waals surface area contributed by atoms with E-state index in [0.29, 0.717) is 12.3 Å². The van der Waals surface area contributed by atoms with E-state index in [0.717, 1.165) is 5.56 Å². The molecule has 0 saturated heterocycles. The van der Waals surface area contributed by atoms with E-state index in [9.17, 15) is 4.79 Å². The summed E-state index contributed by atoms with van der Waals surface area (Å²) in [4.78, 5) is 11.3. The molecule has 0 aliphatic carbocycles. The molecule has 0 unspecified atom stereocenters. The molecule has 0 aromatic heterocycles. The predicted octanol–water partition coefficient (Wildman–Crippen LogP) is 2.79. The molecule has 1 rings (SSSR count). The molecule has 1 aromatic rings. The lowest BCUT2D eigenvalue weighted by Gasteiger charge is -2.10. The van der Waals surface area contributed by atoms with Crippen molar-refractivity contribution < 1.29 is 14.3 Å². The van der Waals surface area contributed by atoms with Crippen LogP contribution in [0.15, 0.2) is 24.3 Å². The van der Waals surface area contributed by atoms with E-state index in [1.54, 1.807) is 27.0 Å². The summed E-state index contributed by atoms with van der Waals surface area (Å²) in [5.41, 5.74) is 1.71. The van der Waals surface area contributed by atoms with Gasteiger partial charge in [-0.05, 0) is 31.5 Å². The standard InChI is InChI=1S/C12H17NO3/c1-9(2)16-12(14)13-11-6-4-5-10(7-11)8-15-3/h4-7,9H,8H2,1-3H3,(H,13,14). The first-order valence-electron chi connectivity index (χ1n) is 5.17. The zero-order valence-corrected chi connectivity index (χ0v) is 9.82. The Morgan fingerprint density at radius 1 is 1.44 bits per heavy atom. The van der Waals surface area contributed by atoms with Crippen LogP contribution in [0.5, 0.6) is 0 Å². The van der Waals surface area contributed by atoms with Gasteiger partial charge in [0.05, 0.1) is 12.7 Å². The molecule has 1 amide bonds. The predicted molar refractivity (Wildman–Crippen MR) is 62.4 cm³/mol. The minimum Gasteiger partial charge on any atom is -0.447 e. The van der Waals surface area contributed by atoms with E-state index < -0.39 is 6.09 Å². The highest BCUT2D eigenvalue weighted by molar-refractivity contribution is 5.84. The van der Waals surface area contributed by atoms with Crippen molar-refractivity contribution >= 4 is 11.8 Å². The average molecular weight is 223 g/mol. The van der Waals surface area contributed by atoms with Gasteiger partial charge in [-0.2, -0.15) is 0 Å². The molecule has 0 saturated carbocycles. The number of carbonyl (C=O) groups excluding carboxylic acids is 1. The van der Waals surface area contributed by atoms with Gasteiger partial charge in [0.2, 0.25) is 0 Å². The molecular weight excluding hydrogens is 206 g/mol. The monoisotopic (exact) mass is 223 g/mol. The van der Waals surface area contributed by atoms with Gasteiger partial charge in [-0.1, -0.05) is 12.1 Å². The molecule has 16 heavy (non-hydrogen) atoms. The largest absolute Gasteiger partial charge is 0.447 e. The Kier molecular flexibility index (Phi) is 4.79. The van der Waals surface area contributed by atoms with Crippen LogP contribution in [-0.4, -0.2) is 19.3 Å². The van der Waals surface area contributed by atoms with Crippen molar-refractivity contribution in [3.05, 3.63) is 29.8 Å². The van der Waals surface area contributed by atoms with E-state index in [-0.39, 0.29) is 6.10 Å². The van der Waals surface area contributed by atoms with Crippen molar-refractivity contribution in [2.45, 2.75) is 26.6 Å². The van der Waals surface area contributed by atoms with E-state index >= 15 is 0 Å². The molecule has 0 bridgehead atoms. The van der Waals surface area contributed by atoms with E-state index in [4.69, 9.17) is 9.47 Å². The number of methoxy groups -OCH3 is 1. The smallest absolute Gasteiger partial charge is 0.411 e. The van der Waals surface area contributed by atoms with E-state index in [2.05, 4.69) is 5.32 Å². The Morgan fingerprint density at radius 2 is 2.19 bits per heavy atom. The Hall–Kier alpha value is -1.55. The fraction of sp³-hybridized carbons (Fsp3) is 0.417. The summed E-state index contributed by atoms with van der Waals surface area (Å²) in [6.45, 7) is 4.14. The van der Waals surface area contributed by atoms with Crippen LogP contribution in [0, 0.1) is 0 Å². The summed E-state index contributed by atoms with van der Waals surface area (Å²) < 4.78 is 9.98. The van der Waals surface area contributed by atoms with Gasteiger partial charge >= 0.3 is 6.09 Å². The molecule has 4 heteroatoms. The highest BCUT2D eigenvalue weighted by Gasteiger charge is 2.05. The molecule has 0 aliphatic rings. The Balaban J connectivity index is 2.59. The Labute approximate surface area is 95.6 Å². The average Bonchev–Trinajstić information content (AvgIpc) is 2.17. The lowest BCUT2D eigenvalue weighted by atomic mass is 10.2. The van der Waals surface area contributed by atoms with Crippen molar-refractivity contribution in [3.63, 3.8) is 0 Å². The number of rotatable bonds is 4. The molecule has 1 aromatic carbocycles. The third-order valence-electron chi connectivity index (χ3n) is 1.83. The van der Waals surface area contributed by atoms with Crippen LogP contribution in [0.4, 0.5) is 10.5 Å². The molecule has 0 spiro atoms. The second-order valence-corrected chi connectivity index (χ2v) is 3.71. The van der Waals surface area contributed by atoms with Gasteiger partial charge < -0.3 is 9.47 Å². The number of carbonyl (C=O) groups is 1. The zero-order chi connectivity index (χ0) is 12.0. The number of benzene rings is 1. The van der Waals surface area contributed by atoms with Crippen molar-refractivity contribution in [2.24, 2.45) is 0 Å². The SMILES string of the molecule is COCc1cccc(NC(=O)OC(C)C)c1. The number of ether oxygens (including phenoxy) is 2. The minimum absolute atomic E-state index is 0.123. The Bertz CT molecular complexity index is 350. The minimum atomic E-state index is -0.440. The lowest BCUT2D eigenvalue weighted by Crippen LogP contribution is -2.18. The topological polar surface area (TPSA) is 47.6 Å². The zero-order valence-electron chi connectivity index (χ0n) is 9.82. The van der Waals surface area contributed by atoms with Gasteiger partial charge in [0.25, 0.3) is 0 Å². The van der Waals surface area contributed by atoms with Gasteiger partial charge in [-0.25, -0.2) is 4.79 Å². The second-order valence-electron chi connectivity index (χ2n) is 3.71. The maximum absolute atomic E-state index is 11.3. The fourth-order valence-corrected chi connectivity index (χ4v) is 1.27. The van der Waals surface area contributed by atoms with Gasteiger partial charge in [0, 0.05) is 12.8 Å².